The Balaban J connectivity index is 2.36. The van der Waals surface area contributed by atoms with Gasteiger partial charge < -0.3 is 4.74 Å². The fourth-order valence-corrected chi connectivity index (χ4v) is 1.78. The quantitative estimate of drug-likeness (QED) is 0.795. The van der Waals surface area contributed by atoms with E-state index in [4.69, 9.17) is 16.3 Å². The number of aryl methyl sites for hydroxylation is 1. The Morgan fingerprint density at radius 3 is 2.67 bits per heavy atom. The molecular weight excluding hydrogens is 250 g/mol. The highest BCUT2D eigenvalue weighted by Crippen LogP contribution is 2.20. The molecule has 0 radical (unpaired) electrons. The van der Waals surface area contributed by atoms with Crippen molar-refractivity contribution in [3.63, 3.8) is 0 Å². The fraction of sp³-hybridized carbons (Fsp3) is 0.308. The van der Waals surface area contributed by atoms with Crippen molar-refractivity contribution in [2.24, 2.45) is 0 Å². The molecule has 0 amide bonds. The Morgan fingerprint density at radius 1 is 1.22 bits per heavy atom. The highest BCUT2D eigenvalue weighted by atomic mass is 35.5. The monoisotopic (exact) mass is 263 g/mol. The average molecular weight is 264 g/mol. The van der Waals surface area contributed by atoms with Crippen LogP contribution < -0.4 is 4.74 Å². The van der Waals surface area contributed by atoms with Gasteiger partial charge in [-0.15, -0.1) is 0 Å². The number of aromatic nitrogens is 3. The summed E-state index contributed by atoms with van der Waals surface area (Å²) in [7, 11) is 1.61. The van der Waals surface area contributed by atoms with Gasteiger partial charge >= 0.3 is 0 Å². The first-order valence-corrected chi connectivity index (χ1v) is 6.14. The number of halogens is 1. The molecule has 2 heterocycles. The highest BCUT2D eigenvalue weighted by molar-refractivity contribution is 6.29. The Labute approximate surface area is 111 Å². The lowest BCUT2D eigenvalue weighted by Gasteiger charge is -2.05. The molecule has 0 saturated heterocycles. The number of ether oxygens (including phenoxy) is 1. The SMILES string of the molecule is CCCc1nc(Cl)cc(-c2ccc(OC)cn2)n1. The van der Waals surface area contributed by atoms with E-state index in [0.29, 0.717) is 10.9 Å². The number of pyridine rings is 1. The van der Waals surface area contributed by atoms with Crippen LogP contribution in [-0.2, 0) is 6.42 Å². The molecule has 18 heavy (non-hydrogen) atoms. The van der Waals surface area contributed by atoms with Gasteiger partial charge in [0, 0.05) is 12.5 Å². The molecule has 2 aromatic heterocycles. The maximum atomic E-state index is 5.99. The van der Waals surface area contributed by atoms with Gasteiger partial charge in [-0.3, -0.25) is 4.98 Å². The molecule has 0 bridgehead atoms. The lowest BCUT2D eigenvalue weighted by atomic mass is 10.2. The molecule has 0 spiro atoms. The van der Waals surface area contributed by atoms with E-state index < -0.39 is 0 Å². The van der Waals surface area contributed by atoms with Gasteiger partial charge in [-0.05, 0) is 18.6 Å². The summed E-state index contributed by atoms with van der Waals surface area (Å²) in [6.07, 6.45) is 3.45. The third kappa shape index (κ3) is 2.96. The van der Waals surface area contributed by atoms with E-state index in [1.54, 1.807) is 19.4 Å². The maximum absolute atomic E-state index is 5.99. The van der Waals surface area contributed by atoms with Crippen molar-refractivity contribution in [1.29, 1.82) is 0 Å². The van der Waals surface area contributed by atoms with Crippen LogP contribution in [0.3, 0.4) is 0 Å². The first-order chi connectivity index (χ1) is 8.72. The molecule has 0 atom stereocenters. The molecule has 2 rings (SSSR count). The predicted molar refractivity (Wildman–Crippen MR) is 70.8 cm³/mol. The van der Waals surface area contributed by atoms with E-state index in [1.165, 1.54) is 0 Å². The van der Waals surface area contributed by atoms with E-state index in [0.717, 1.165) is 30.1 Å². The van der Waals surface area contributed by atoms with Crippen molar-refractivity contribution in [2.45, 2.75) is 19.8 Å². The fourth-order valence-electron chi connectivity index (χ4n) is 1.58. The van der Waals surface area contributed by atoms with Crippen LogP contribution in [0.1, 0.15) is 19.2 Å². The van der Waals surface area contributed by atoms with E-state index in [9.17, 15) is 0 Å². The van der Waals surface area contributed by atoms with Crippen molar-refractivity contribution in [3.05, 3.63) is 35.4 Å². The molecule has 0 aliphatic rings. The van der Waals surface area contributed by atoms with Crippen LogP contribution in [0.25, 0.3) is 11.4 Å². The lowest BCUT2D eigenvalue weighted by molar-refractivity contribution is 0.413. The summed E-state index contributed by atoms with van der Waals surface area (Å²) in [6, 6.07) is 5.42. The van der Waals surface area contributed by atoms with Crippen LogP contribution >= 0.6 is 11.6 Å². The van der Waals surface area contributed by atoms with Gasteiger partial charge in [0.25, 0.3) is 0 Å². The van der Waals surface area contributed by atoms with E-state index >= 15 is 0 Å². The second-order valence-electron chi connectivity index (χ2n) is 3.83. The summed E-state index contributed by atoms with van der Waals surface area (Å²) in [4.78, 5) is 12.9. The first-order valence-electron chi connectivity index (χ1n) is 5.76. The van der Waals surface area contributed by atoms with Crippen LogP contribution in [0.4, 0.5) is 0 Å². The highest BCUT2D eigenvalue weighted by Gasteiger charge is 2.06. The minimum absolute atomic E-state index is 0.445. The summed E-state index contributed by atoms with van der Waals surface area (Å²) in [5.74, 6) is 1.46. The van der Waals surface area contributed by atoms with Crippen molar-refractivity contribution < 1.29 is 4.74 Å². The molecule has 0 aromatic carbocycles. The molecule has 2 aromatic rings. The zero-order valence-corrected chi connectivity index (χ0v) is 11.1. The van der Waals surface area contributed by atoms with Gasteiger partial charge in [0.2, 0.25) is 0 Å². The lowest BCUT2D eigenvalue weighted by Crippen LogP contribution is -1.98. The zero-order chi connectivity index (χ0) is 13.0. The molecule has 94 valence electrons. The topological polar surface area (TPSA) is 47.9 Å². The normalized spacial score (nSPS) is 10.4. The third-order valence-corrected chi connectivity index (χ3v) is 2.64. The molecule has 0 fully saturated rings. The summed E-state index contributed by atoms with van der Waals surface area (Å²) >= 11 is 5.99. The summed E-state index contributed by atoms with van der Waals surface area (Å²) in [5.41, 5.74) is 1.50. The van der Waals surface area contributed by atoms with E-state index in [1.807, 2.05) is 12.1 Å². The molecular formula is C13H14ClN3O. The van der Waals surface area contributed by atoms with E-state index in [-0.39, 0.29) is 0 Å². The number of hydrogen-bond acceptors (Lipinski definition) is 4. The molecule has 0 saturated carbocycles. The molecule has 0 unspecified atom stereocenters. The second kappa shape index (κ2) is 5.78. The average Bonchev–Trinajstić information content (AvgIpc) is 2.38. The molecule has 5 heteroatoms. The minimum Gasteiger partial charge on any atom is -0.495 e. The number of methoxy groups -OCH3 is 1. The molecule has 0 aliphatic heterocycles. The van der Waals surface area contributed by atoms with Crippen molar-refractivity contribution >= 4 is 11.6 Å². The van der Waals surface area contributed by atoms with Gasteiger partial charge in [-0.1, -0.05) is 18.5 Å². The predicted octanol–water partition coefficient (Wildman–Crippen LogP) is 3.15. The van der Waals surface area contributed by atoms with Gasteiger partial charge in [-0.25, -0.2) is 9.97 Å². The van der Waals surface area contributed by atoms with Crippen LogP contribution in [0.2, 0.25) is 5.15 Å². The van der Waals surface area contributed by atoms with Crippen LogP contribution in [0.15, 0.2) is 24.4 Å². The summed E-state index contributed by atoms with van der Waals surface area (Å²) < 4.78 is 5.07. The standard InChI is InChI=1S/C13H14ClN3O/c1-3-4-13-16-11(7-12(14)17-13)10-6-5-9(18-2)8-15-10/h5-8H,3-4H2,1-2H3. The zero-order valence-electron chi connectivity index (χ0n) is 10.4. The van der Waals surface area contributed by atoms with Crippen molar-refractivity contribution in [3.8, 4) is 17.1 Å². The maximum Gasteiger partial charge on any atom is 0.137 e. The number of rotatable bonds is 4. The van der Waals surface area contributed by atoms with Gasteiger partial charge in [0.15, 0.2) is 0 Å². The van der Waals surface area contributed by atoms with Gasteiger partial charge in [-0.2, -0.15) is 0 Å². The Morgan fingerprint density at radius 2 is 2.06 bits per heavy atom. The Kier molecular flexibility index (Phi) is 4.10. The van der Waals surface area contributed by atoms with Crippen LogP contribution in [0.5, 0.6) is 5.75 Å². The Bertz CT molecular complexity index is 528. The smallest absolute Gasteiger partial charge is 0.137 e. The van der Waals surface area contributed by atoms with Crippen molar-refractivity contribution in [2.75, 3.05) is 7.11 Å². The first kappa shape index (κ1) is 12.8. The van der Waals surface area contributed by atoms with Crippen molar-refractivity contribution in [1.82, 2.24) is 15.0 Å². The molecule has 0 N–H and O–H groups in total. The number of nitrogens with zero attached hydrogens (tertiary/aromatic N) is 3. The third-order valence-electron chi connectivity index (χ3n) is 2.45. The molecule has 4 nitrogen and oxygen atoms in total. The van der Waals surface area contributed by atoms with Crippen LogP contribution in [-0.4, -0.2) is 22.1 Å². The largest absolute Gasteiger partial charge is 0.495 e. The molecule has 0 aliphatic carbocycles. The minimum atomic E-state index is 0.445. The number of hydrogen-bond donors (Lipinski definition) is 0. The summed E-state index contributed by atoms with van der Waals surface area (Å²) in [5, 5.41) is 0.445. The van der Waals surface area contributed by atoms with Gasteiger partial charge in [0.05, 0.1) is 24.7 Å². The second-order valence-corrected chi connectivity index (χ2v) is 4.21. The van der Waals surface area contributed by atoms with Crippen LogP contribution in [0, 0.1) is 0 Å². The van der Waals surface area contributed by atoms with Gasteiger partial charge in [0.1, 0.15) is 16.7 Å². The summed E-state index contributed by atoms with van der Waals surface area (Å²) in [6.45, 7) is 2.08. The Hall–Kier alpha value is -1.68. The van der Waals surface area contributed by atoms with E-state index in [2.05, 4.69) is 21.9 Å².